The molecule has 19 heavy (non-hydrogen) atoms. The Bertz CT molecular complexity index is 736. The van der Waals surface area contributed by atoms with Crippen LogP contribution >= 0.6 is 43.2 Å². The highest BCUT2D eigenvalue weighted by molar-refractivity contribution is 9.10. The van der Waals surface area contributed by atoms with Gasteiger partial charge in [0.15, 0.2) is 0 Å². The van der Waals surface area contributed by atoms with Crippen molar-refractivity contribution in [1.29, 1.82) is 0 Å². The summed E-state index contributed by atoms with van der Waals surface area (Å²) in [5.41, 5.74) is 8.48. The summed E-state index contributed by atoms with van der Waals surface area (Å²) in [4.78, 5) is 1.01. The van der Waals surface area contributed by atoms with Crippen molar-refractivity contribution in [2.75, 3.05) is 5.73 Å². The number of hydrogen-bond acceptors (Lipinski definition) is 4. The summed E-state index contributed by atoms with van der Waals surface area (Å²) in [6.45, 7) is 0. The van der Waals surface area contributed by atoms with Crippen LogP contribution in [-0.4, -0.2) is 5.16 Å². The molecular weight excluding hydrogens is 392 g/mol. The second kappa shape index (κ2) is 5.11. The third-order valence-corrected chi connectivity index (χ3v) is 5.00. The van der Waals surface area contributed by atoms with Crippen molar-refractivity contribution in [2.24, 2.45) is 0 Å². The van der Waals surface area contributed by atoms with Gasteiger partial charge in [-0.1, -0.05) is 33.2 Å². The number of nitrogens with zero attached hydrogens (tertiary/aromatic N) is 1. The number of rotatable bonds is 2. The summed E-state index contributed by atoms with van der Waals surface area (Å²) < 4.78 is 7.14. The first-order valence-corrected chi connectivity index (χ1v) is 7.88. The average molecular weight is 400 g/mol. The maximum Gasteiger partial charge on any atom is 0.230 e. The maximum atomic E-state index is 5.92. The molecule has 6 heteroatoms. The van der Waals surface area contributed by atoms with E-state index in [9.17, 15) is 0 Å². The lowest BCUT2D eigenvalue weighted by Gasteiger charge is -2.02. The molecular formula is C13H8Br2N2OS. The molecule has 0 spiro atoms. The van der Waals surface area contributed by atoms with Gasteiger partial charge in [-0.15, -0.1) is 11.3 Å². The Labute approximate surface area is 130 Å². The van der Waals surface area contributed by atoms with Gasteiger partial charge in [-0.25, -0.2) is 0 Å². The third kappa shape index (κ3) is 2.35. The molecule has 0 fully saturated rings. The molecule has 0 bridgehead atoms. The minimum Gasteiger partial charge on any atom is -0.367 e. The first-order valence-electron chi connectivity index (χ1n) is 5.41. The van der Waals surface area contributed by atoms with Gasteiger partial charge in [0.1, 0.15) is 5.69 Å². The number of aromatic nitrogens is 1. The topological polar surface area (TPSA) is 52.0 Å². The highest BCUT2D eigenvalue weighted by Crippen LogP contribution is 2.42. The van der Waals surface area contributed by atoms with Gasteiger partial charge in [-0.3, -0.25) is 0 Å². The molecule has 0 unspecified atom stereocenters. The third-order valence-electron chi connectivity index (χ3n) is 2.66. The fourth-order valence-corrected chi connectivity index (χ4v) is 3.79. The number of nitrogen functional groups attached to an aromatic ring is 1. The fraction of sp³-hybridized carbons (Fsp3) is 0. The Morgan fingerprint density at radius 2 is 2.05 bits per heavy atom. The van der Waals surface area contributed by atoms with Crippen molar-refractivity contribution in [1.82, 2.24) is 5.16 Å². The van der Waals surface area contributed by atoms with Crippen molar-refractivity contribution >= 4 is 49.1 Å². The molecule has 2 heterocycles. The SMILES string of the molecule is Nc1onc(-c2sccc2Br)c1-c1cccc(Br)c1. The van der Waals surface area contributed by atoms with Gasteiger partial charge in [0.2, 0.25) is 5.88 Å². The van der Waals surface area contributed by atoms with E-state index in [1.54, 1.807) is 11.3 Å². The lowest BCUT2D eigenvalue weighted by atomic mass is 10.1. The van der Waals surface area contributed by atoms with Crippen molar-refractivity contribution in [3.8, 4) is 21.7 Å². The predicted octanol–water partition coefficient (Wildman–Crippen LogP) is 5.18. The summed E-state index contributed by atoms with van der Waals surface area (Å²) in [5, 5.41) is 6.09. The van der Waals surface area contributed by atoms with E-state index in [4.69, 9.17) is 10.3 Å². The smallest absolute Gasteiger partial charge is 0.230 e. The molecule has 1 aromatic carbocycles. The molecule has 3 nitrogen and oxygen atoms in total. The van der Waals surface area contributed by atoms with Crippen molar-refractivity contribution in [3.63, 3.8) is 0 Å². The number of benzene rings is 1. The van der Waals surface area contributed by atoms with E-state index in [-0.39, 0.29) is 0 Å². The molecule has 0 saturated heterocycles. The zero-order valence-electron chi connectivity index (χ0n) is 9.56. The van der Waals surface area contributed by atoms with Crippen LogP contribution in [0.2, 0.25) is 0 Å². The second-order valence-corrected chi connectivity index (χ2v) is 6.56. The Balaban J connectivity index is 2.22. The first kappa shape index (κ1) is 12.9. The summed E-state index contributed by atoms with van der Waals surface area (Å²) in [6.07, 6.45) is 0. The molecule has 2 aromatic heterocycles. The Kier molecular flexibility index (Phi) is 3.47. The molecule has 3 rings (SSSR count). The summed E-state index contributed by atoms with van der Waals surface area (Å²) in [5.74, 6) is 0.327. The molecule has 0 radical (unpaired) electrons. The lowest BCUT2D eigenvalue weighted by Crippen LogP contribution is -1.87. The maximum absolute atomic E-state index is 5.92. The van der Waals surface area contributed by atoms with E-state index in [0.717, 1.165) is 30.6 Å². The molecule has 0 aliphatic rings. The van der Waals surface area contributed by atoms with Crippen LogP contribution in [0.4, 0.5) is 5.88 Å². The average Bonchev–Trinajstić information content (AvgIpc) is 2.95. The number of nitrogens with two attached hydrogens (primary N) is 1. The molecule has 0 aliphatic carbocycles. The Hall–Kier alpha value is -1.11. The van der Waals surface area contributed by atoms with Gasteiger partial charge in [-0.2, -0.15) is 0 Å². The van der Waals surface area contributed by atoms with Crippen LogP contribution in [-0.2, 0) is 0 Å². The Morgan fingerprint density at radius 1 is 1.21 bits per heavy atom. The van der Waals surface area contributed by atoms with E-state index in [1.807, 2.05) is 35.7 Å². The minimum atomic E-state index is 0.327. The van der Waals surface area contributed by atoms with E-state index < -0.39 is 0 Å². The molecule has 0 amide bonds. The zero-order chi connectivity index (χ0) is 13.4. The summed E-state index contributed by atoms with van der Waals surface area (Å²) in [6, 6.07) is 9.88. The van der Waals surface area contributed by atoms with Crippen molar-refractivity contribution < 1.29 is 4.52 Å². The second-order valence-electron chi connectivity index (χ2n) is 3.88. The van der Waals surface area contributed by atoms with Crippen LogP contribution in [0.25, 0.3) is 21.7 Å². The van der Waals surface area contributed by atoms with Gasteiger partial charge in [0.25, 0.3) is 0 Å². The standard InChI is InChI=1S/C13H8Br2N2OS/c14-8-3-1-2-7(6-8)10-11(17-18-13(10)16)12-9(15)4-5-19-12/h1-6H,16H2. The van der Waals surface area contributed by atoms with E-state index in [2.05, 4.69) is 37.0 Å². The molecule has 0 atom stereocenters. The molecule has 3 aromatic rings. The van der Waals surface area contributed by atoms with E-state index in [0.29, 0.717) is 5.88 Å². The molecule has 0 saturated carbocycles. The van der Waals surface area contributed by atoms with Gasteiger partial charge >= 0.3 is 0 Å². The minimum absolute atomic E-state index is 0.327. The number of anilines is 1. The van der Waals surface area contributed by atoms with Crippen molar-refractivity contribution in [3.05, 3.63) is 44.7 Å². The first-order chi connectivity index (χ1) is 9.16. The van der Waals surface area contributed by atoms with Gasteiger partial charge in [-0.05, 0) is 45.1 Å². The van der Waals surface area contributed by atoms with Crippen LogP contribution in [0.1, 0.15) is 0 Å². The summed E-state index contributed by atoms with van der Waals surface area (Å²) >= 11 is 8.57. The number of hydrogen-bond donors (Lipinski definition) is 1. The molecule has 96 valence electrons. The molecule has 0 aliphatic heterocycles. The zero-order valence-corrected chi connectivity index (χ0v) is 13.5. The largest absolute Gasteiger partial charge is 0.367 e. The van der Waals surface area contributed by atoms with E-state index >= 15 is 0 Å². The van der Waals surface area contributed by atoms with E-state index in [1.165, 1.54) is 0 Å². The lowest BCUT2D eigenvalue weighted by molar-refractivity contribution is 0.439. The normalized spacial score (nSPS) is 10.8. The van der Waals surface area contributed by atoms with Crippen molar-refractivity contribution in [2.45, 2.75) is 0 Å². The van der Waals surface area contributed by atoms with Gasteiger partial charge in [0, 0.05) is 8.95 Å². The quantitative estimate of drug-likeness (QED) is 0.645. The van der Waals surface area contributed by atoms with Crippen LogP contribution in [0.15, 0.2) is 49.2 Å². The van der Waals surface area contributed by atoms with Crippen LogP contribution in [0, 0.1) is 0 Å². The predicted molar refractivity (Wildman–Crippen MR) is 85.1 cm³/mol. The van der Waals surface area contributed by atoms with Crippen LogP contribution < -0.4 is 5.73 Å². The van der Waals surface area contributed by atoms with Crippen LogP contribution in [0.5, 0.6) is 0 Å². The van der Waals surface area contributed by atoms with Gasteiger partial charge < -0.3 is 10.3 Å². The molecule has 2 N–H and O–H groups in total. The van der Waals surface area contributed by atoms with Crippen LogP contribution in [0.3, 0.4) is 0 Å². The fourth-order valence-electron chi connectivity index (χ4n) is 1.84. The highest BCUT2D eigenvalue weighted by Gasteiger charge is 2.20. The Morgan fingerprint density at radius 3 is 2.74 bits per heavy atom. The number of halogens is 2. The highest BCUT2D eigenvalue weighted by atomic mass is 79.9. The number of thiophene rings is 1. The summed E-state index contributed by atoms with van der Waals surface area (Å²) in [7, 11) is 0. The van der Waals surface area contributed by atoms with Gasteiger partial charge in [0.05, 0.1) is 10.4 Å². The monoisotopic (exact) mass is 398 g/mol.